The number of benzene rings is 1. The van der Waals surface area contributed by atoms with Gasteiger partial charge in [0.05, 0.1) is 6.61 Å². The van der Waals surface area contributed by atoms with Crippen LogP contribution in [0.2, 0.25) is 0 Å². The molecule has 0 saturated carbocycles. The molecule has 0 spiro atoms. The molecule has 1 aromatic carbocycles. The molecule has 1 N–H and O–H groups in total. The van der Waals surface area contributed by atoms with Crippen LogP contribution in [0.15, 0.2) is 36.9 Å². The normalized spacial score (nSPS) is 9.53. The van der Waals surface area contributed by atoms with E-state index in [0.717, 1.165) is 0 Å². The first-order valence-electron chi connectivity index (χ1n) is 5.95. The minimum atomic E-state index is -0.427. The molecule has 5 nitrogen and oxygen atoms in total. The number of amides is 1. The van der Waals surface area contributed by atoms with Crippen molar-refractivity contribution >= 4 is 17.6 Å². The Kier molecular flexibility index (Phi) is 6.15. The van der Waals surface area contributed by atoms with Gasteiger partial charge in [0.1, 0.15) is 5.75 Å². The summed E-state index contributed by atoms with van der Waals surface area (Å²) in [6, 6.07) is 6.80. The van der Waals surface area contributed by atoms with E-state index in [1.54, 1.807) is 31.2 Å². The Morgan fingerprint density at radius 3 is 2.89 bits per heavy atom. The number of carbonyl (C=O) groups is 2. The van der Waals surface area contributed by atoms with Crippen molar-refractivity contribution in [3.63, 3.8) is 0 Å². The van der Waals surface area contributed by atoms with Crippen molar-refractivity contribution in [3.8, 4) is 5.75 Å². The first-order valence-corrected chi connectivity index (χ1v) is 5.95. The van der Waals surface area contributed by atoms with Gasteiger partial charge in [0.25, 0.3) is 0 Å². The molecule has 0 aliphatic carbocycles. The number of rotatable bonds is 7. The fourth-order valence-corrected chi connectivity index (χ4v) is 1.35. The van der Waals surface area contributed by atoms with Crippen molar-refractivity contribution in [2.45, 2.75) is 13.3 Å². The molecule has 1 amide bonds. The summed E-state index contributed by atoms with van der Waals surface area (Å²) in [6.45, 7) is 5.38. The second-order valence-corrected chi connectivity index (χ2v) is 3.66. The van der Waals surface area contributed by atoms with Crippen LogP contribution in [0, 0.1) is 0 Å². The fourth-order valence-electron chi connectivity index (χ4n) is 1.35. The highest BCUT2D eigenvalue weighted by atomic mass is 16.6. The summed E-state index contributed by atoms with van der Waals surface area (Å²) in [7, 11) is 0. The molecule has 0 bridgehead atoms. The Balaban J connectivity index is 2.54. The summed E-state index contributed by atoms with van der Waals surface area (Å²) in [5.41, 5.74) is 0.605. The van der Waals surface area contributed by atoms with Gasteiger partial charge in [0.15, 0.2) is 6.61 Å². The first kappa shape index (κ1) is 14.8. The van der Waals surface area contributed by atoms with E-state index in [1.165, 1.54) is 6.08 Å². The number of nitrogens with one attached hydrogen (secondary N) is 1. The number of anilines is 1. The van der Waals surface area contributed by atoms with Crippen LogP contribution in [0.3, 0.4) is 0 Å². The van der Waals surface area contributed by atoms with Crippen molar-refractivity contribution < 1.29 is 19.1 Å². The molecule has 0 fully saturated rings. The van der Waals surface area contributed by atoms with Crippen molar-refractivity contribution in [3.05, 3.63) is 36.9 Å². The molecule has 0 heterocycles. The van der Waals surface area contributed by atoms with Gasteiger partial charge in [-0.1, -0.05) is 12.1 Å². The summed E-state index contributed by atoms with van der Waals surface area (Å²) in [5.74, 6) is -0.0920. The van der Waals surface area contributed by atoms with Crippen molar-refractivity contribution in [2.75, 3.05) is 18.5 Å². The van der Waals surface area contributed by atoms with Gasteiger partial charge in [0, 0.05) is 18.2 Å². The summed E-state index contributed by atoms with van der Waals surface area (Å²) in [5, 5.41) is 2.69. The van der Waals surface area contributed by atoms with Gasteiger partial charge in [-0.15, -0.1) is 6.58 Å². The van der Waals surface area contributed by atoms with E-state index < -0.39 is 5.97 Å². The van der Waals surface area contributed by atoms with E-state index in [2.05, 4.69) is 11.9 Å². The quantitative estimate of drug-likeness (QED) is 0.604. The number of ether oxygens (including phenoxy) is 2. The first-order chi connectivity index (χ1) is 9.15. The van der Waals surface area contributed by atoms with Crippen LogP contribution in [0.5, 0.6) is 5.75 Å². The van der Waals surface area contributed by atoms with Crippen molar-refractivity contribution in [2.24, 2.45) is 0 Å². The Bertz CT molecular complexity index is 457. The fraction of sp³-hybridized carbons (Fsp3) is 0.286. The molecule has 0 radical (unpaired) electrons. The Morgan fingerprint density at radius 1 is 1.42 bits per heavy atom. The molecule has 19 heavy (non-hydrogen) atoms. The molecule has 0 atom stereocenters. The maximum atomic E-state index is 11.4. The van der Waals surface area contributed by atoms with Crippen LogP contribution in [-0.4, -0.2) is 25.1 Å². The Hall–Kier alpha value is -2.30. The zero-order valence-corrected chi connectivity index (χ0v) is 10.8. The molecule has 102 valence electrons. The average molecular weight is 263 g/mol. The number of hydrogen-bond acceptors (Lipinski definition) is 4. The van der Waals surface area contributed by atoms with Crippen LogP contribution in [0.4, 0.5) is 5.69 Å². The average Bonchev–Trinajstić information content (AvgIpc) is 2.37. The standard InChI is InChI=1S/C14H17NO4/c1-3-6-13(16)15-11-7-5-8-12(9-11)19-10-14(17)18-4-2/h3,5,7-9H,1,4,6,10H2,2H3,(H,15,16). The second kappa shape index (κ2) is 7.92. The zero-order valence-electron chi connectivity index (χ0n) is 10.8. The SMILES string of the molecule is C=CCC(=O)Nc1cccc(OCC(=O)OCC)c1. The number of hydrogen-bond donors (Lipinski definition) is 1. The molecule has 0 saturated heterocycles. The maximum Gasteiger partial charge on any atom is 0.344 e. The third kappa shape index (κ3) is 5.72. The Morgan fingerprint density at radius 2 is 2.21 bits per heavy atom. The van der Waals surface area contributed by atoms with E-state index in [0.29, 0.717) is 18.0 Å². The van der Waals surface area contributed by atoms with Crippen LogP contribution >= 0.6 is 0 Å². The number of carbonyl (C=O) groups excluding carboxylic acids is 2. The summed E-state index contributed by atoms with van der Waals surface area (Å²) >= 11 is 0. The predicted molar refractivity (Wildman–Crippen MR) is 72.0 cm³/mol. The molecular formula is C14H17NO4. The van der Waals surface area contributed by atoms with Gasteiger partial charge in [-0.2, -0.15) is 0 Å². The van der Waals surface area contributed by atoms with E-state index in [-0.39, 0.29) is 18.9 Å². The third-order valence-electron chi connectivity index (χ3n) is 2.11. The largest absolute Gasteiger partial charge is 0.482 e. The molecule has 0 unspecified atom stereocenters. The maximum absolute atomic E-state index is 11.4. The molecule has 5 heteroatoms. The molecule has 1 rings (SSSR count). The van der Waals surface area contributed by atoms with Gasteiger partial charge < -0.3 is 14.8 Å². The van der Waals surface area contributed by atoms with Crippen molar-refractivity contribution in [1.29, 1.82) is 0 Å². The van der Waals surface area contributed by atoms with Gasteiger partial charge in [0.2, 0.25) is 5.91 Å². The van der Waals surface area contributed by atoms with E-state index in [4.69, 9.17) is 9.47 Å². The van der Waals surface area contributed by atoms with Gasteiger partial charge in [-0.05, 0) is 19.1 Å². The minimum absolute atomic E-state index is 0.155. The summed E-state index contributed by atoms with van der Waals surface area (Å²) < 4.78 is 10.0. The molecular weight excluding hydrogens is 246 g/mol. The Labute approximate surface area is 112 Å². The second-order valence-electron chi connectivity index (χ2n) is 3.66. The molecule has 0 aliphatic heterocycles. The smallest absolute Gasteiger partial charge is 0.344 e. The van der Waals surface area contributed by atoms with Crippen LogP contribution < -0.4 is 10.1 Å². The summed E-state index contributed by atoms with van der Waals surface area (Å²) in [4.78, 5) is 22.5. The van der Waals surface area contributed by atoms with Gasteiger partial charge in [-0.3, -0.25) is 4.79 Å². The van der Waals surface area contributed by atoms with Crippen molar-refractivity contribution in [1.82, 2.24) is 0 Å². The van der Waals surface area contributed by atoms with Crippen LogP contribution in [0.1, 0.15) is 13.3 Å². The van der Waals surface area contributed by atoms with Gasteiger partial charge in [-0.25, -0.2) is 4.79 Å². The molecule has 0 aliphatic rings. The predicted octanol–water partition coefficient (Wildman–Crippen LogP) is 2.14. The van der Waals surface area contributed by atoms with E-state index in [1.807, 2.05) is 0 Å². The third-order valence-corrected chi connectivity index (χ3v) is 2.11. The van der Waals surface area contributed by atoms with E-state index >= 15 is 0 Å². The zero-order chi connectivity index (χ0) is 14.1. The van der Waals surface area contributed by atoms with Crippen LogP contribution in [0.25, 0.3) is 0 Å². The lowest BCUT2D eigenvalue weighted by Crippen LogP contribution is -2.15. The van der Waals surface area contributed by atoms with Gasteiger partial charge >= 0.3 is 5.97 Å². The highest BCUT2D eigenvalue weighted by Crippen LogP contribution is 2.17. The summed E-state index contributed by atoms with van der Waals surface area (Å²) in [6.07, 6.45) is 1.77. The highest BCUT2D eigenvalue weighted by molar-refractivity contribution is 5.91. The lowest BCUT2D eigenvalue weighted by Gasteiger charge is -2.08. The monoisotopic (exact) mass is 263 g/mol. The highest BCUT2D eigenvalue weighted by Gasteiger charge is 2.04. The molecule has 0 aromatic heterocycles. The van der Waals surface area contributed by atoms with E-state index in [9.17, 15) is 9.59 Å². The lowest BCUT2D eigenvalue weighted by molar-refractivity contribution is -0.145. The lowest BCUT2D eigenvalue weighted by atomic mass is 10.3. The topological polar surface area (TPSA) is 64.6 Å². The minimum Gasteiger partial charge on any atom is -0.482 e. The molecule has 1 aromatic rings. The number of esters is 1. The van der Waals surface area contributed by atoms with Crippen LogP contribution in [-0.2, 0) is 14.3 Å².